The molecular weight excluding hydrogens is 308 g/mol. The highest BCUT2D eigenvalue weighted by molar-refractivity contribution is 6.31. The van der Waals surface area contributed by atoms with Crippen LogP contribution in [-0.2, 0) is 0 Å². The lowest BCUT2D eigenvalue weighted by atomic mass is 10.1. The van der Waals surface area contributed by atoms with Crippen molar-refractivity contribution in [2.45, 2.75) is 31.7 Å². The molecule has 3 aromatic rings. The summed E-state index contributed by atoms with van der Waals surface area (Å²) in [5.74, 6) is 1.89. The lowest BCUT2D eigenvalue weighted by Gasteiger charge is -2.16. The van der Waals surface area contributed by atoms with E-state index in [1.807, 2.05) is 24.3 Å². The van der Waals surface area contributed by atoms with Gasteiger partial charge in [-0.2, -0.15) is 0 Å². The van der Waals surface area contributed by atoms with Crippen molar-refractivity contribution in [2.75, 3.05) is 7.11 Å². The maximum absolute atomic E-state index is 6.16. The molecule has 0 bridgehead atoms. The van der Waals surface area contributed by atoms with E-state index >= 15 is 0 Å². The SMILES string of the molecule is COc1ccc(-c2nc3cc(Cl)ccc3n2C2CCCC2)cc1. The van der Waals surface area contributed by atoms with Gasteiger partial charge in [0.1, 0.15) is 11.6 Å². The van der Waals surface area contributed by atoms with Gasteiger partial charge in [0.15, 0.2) is 0 Å². The van der Waals surface area contributed by atoms with Gasteiger partial charge in [-0.25, -0.2) is 4.98 Å². The smallest absolute Gasteiger partial charge is 0.141 e. The summed E-state index contributed by atoms with van der Waals surface area (Å²) in [6.07, 6.45) is 5.02. The molecule has 4 rings (SSSR count). The van der Waals surface area contributed by atoms with E-state index in [1.165, 1.54) is 31.2 Å². The van der Waals surface area contributed by atoms with E-state index in [0.717, 1.165) is 27.7 Å². The fourth-order valence-corrected chi connectivity index (χ4v) is 3.71. The Bertz CT molecular complexity index is 832. The average molecular weight is 327 g/mol. The van der Waals surface area contributed by atoms with E-state index in [9.17, 15) is 0 Å². The molecule has 0 aliphatic heterocycles. The molecule has 3 nitrogen and oxygen atoms in total. The largest absolute Gasteiger partial charge is 0.497 e. The van der Waals surface area contributed by atoms with Crippen molar-refractivity contribution in [2.24, 2.45) is 0 Å². The van der Waals surface area contributed by atoms with Crippen LogP contribution in [0.3, 0.4) is 0 Å². The van der Waals surface area contributed by atoms with Crippen LogP contribution in [0.1, 0.15) is 31.7 Å². The van der Waals surface area contributed by atoms with Crippen molar-refractivity contribution in [3.8, 4) is 17.1 Å². The molecule has 1 heterocycles. The average Bonchev–Trinajstić information content (AvgIpc) is 3.21. The molecule has 0 radical (unpaired) electrons. The minimum absolute atomic E-state index is 0.526. The number of methoxy groups -OCH3 is 1. The van der Waals surface area contributed by atoms with Gasteiger partial charge in [0, 0.05) is 16.6 Å². The normalized spacial score (nSPS) is 15.4. The van der Waals surface area contributed by atoms with Crippen LogP contribution in [0.2, 0.25) is 5.02 Å². The van der Waals surface area contributed by atoms with Crippen LogP contribution in [0.25, 0.3) is 22.4 Å². The predicted octanol–water partition coefficient (Wildman–Crippen LogP) is 5.48. The molecule has 1 aromatic heterocycles. The van der Waals surface area contributed by atoms with Crippen LogP contribution in [0.4, 0.5) is 0 Å². The quantitative estimate of drug-likeness (QED) is 0.637. The number of imidazole rings is 1. The zero-order valence-corrected chi connectivity index (χ0v) is 13.9. The topological polar surface area (TPSA) is 27.1 Å². The number of aromatic nitrogens is 2. The summed E-state index contributed by atoms with van der Waals surface area (Å²) in [4.78, 5) is 4.88. The Morgan fingerprint density at radius 2 is 1.83 bits per heavy atom. The highest BCUT2D eigenvalue weighted by atomic mass is 35.5. The highest BCUT2D eigenvalue weighted by Gasteiger charge is 2.23. The molecule has 4 heteroatoms. The Balaban J connectivity index is 1.90. The third-order valence-corrected chi connectivity index (χ3v) is 4.92. The Kier molecular flexibility index (Phi) is 3.74. The molecular formula is C19H19ClN2O. The molecule has 0 amide bonds. The number of ether oxygens (including phenoxy) is 1. The molecule has 1 saturated carbocycles. The van der Waals surface area contributed by atoms with Crippen LogP contribution in [0.5, 0.6) is 5.75 Å². The molecule has 2 aromatic carbocycles. The third kappa shape index (κ3) is 2.59. The predicted molar refractivity (Wildman–Crippen MR) is 94.2 cm³/mol. The van der Waals surface area contributed by atoms with Crippen molar-refractivity contribution in [3.63, 3.8) is 0 Å². The van der Waals surface area contributed by atoms with E-state index in [2.05, 4.69) is 22.8 Å². The first kappa shape index (κ1) is 14.6. The van der Waals surface area contributed by atoms with Crippen LogP contribution in [0, 0.1) is 0 Å². The molecule has 23 heavy (non-hydrogen) atoms. The van der Waals surface area contributed by atoms with Crippen molar-refractivity contribution < 1.29 is 4.74 Å². The van der Waals surface area contributed by atoms with Gasteiger partial charge in [-0.1, -0.05) is 24.4 Å². The monoisotopic (exact) mass is 326 g/mol. The number of benzene rings is 2. The van der Waals surface area contributed by atoms with Gasteiger partial charge in [0.2, 0.25) is 0 Å². The standard InChI is InChI=1S/C19H19ClN2O/c1-23-16-9-6-13(7-10-16)19-21-17-12-14(20)8-11-18(17)22(19)15-4-2-3-5-15/h6-12,15H,2-5H2,1H3. The number of hydrogen-bond acceptors (Lipinski definition) is 2. The van der Waals surface area contributed by atoms with E-state index in [4.69, 9.17) is 21.3 Å². The van der Waals surface area contributed by atoms with Gasteiger partial charge in [-0.15, -0.1) is 0 Å². The van der Waals surface area contributed by atoms with Crippen molar-refractivity contribution in [1.82, 2.24) is 9.55 Å². The Labute approximate surface area is 140 Å². The number of fused-ring (bicyclic) bond motifs is 1. The third-order valence-electron chi connectivity index (χ3n) is 4.69. The van der Waals surface area contributed by atoms with E-state index < -0.39 is 0 Å². The zero-order valence-electron chi connectivity index (χ0n) is 13.1. The van der Waals surface area contributed by atoms with Crippen LogP contribution < -0.4 is 4.74 Å². The summed E-state index contributed by atoms with van der Waals surface area (Å²) in [5.41, 5.74) is 3.26. The number of nitrogens with zero attached hydrogens (tertiary/aromatic N) is 2. The van der Waals surface area contributed by atoms with E-state index in [0.29, 0.717) is 6.04 Å². The molecule has 0 atom stereocenters. The summed E-state index contributed by atoms with van der Waals surface area (Å²) >= 11 is 6.16. The summed E-state index contributed by atoms with van der Waals surface area (Å²) in [5, 5.41) is 0.731. The highest BCUT2D eigenvalue weighted by Crippen LogP contribution is 2.37. The second-order valence-electron chi connectivity index (χ2n) is 6.11. The summed E-state index contributed by atoms with van der Waals surface area (Å²) in [6, 6.07) is 14.7. The first-order chi connectivity index (χ1) is 11.3. The van der Waals surface area contributed by atoms with Gasteiger partial charge >= 0.3 is 0 Å². The van der Waals surface area contributed by atoms with Crippen LogP contribution >= 0.6 is 11.6 Å². The Hall–Kier alpha value is -2.00. The molecule has 0 spiro atoms. The fraction of sp³-hybridized carbons (Fsp3) is 0.316. The lowest BCUT2D eigenvalue weighted by Crippen LogP contribution is -2.06. The molecule has 0 N–H and O–H groups in total. The van der Waals surface area contributed by atoms with Crippen molar-refractivity contribution in [1.29, 1.82) is 0 Å². The second-order valence-corrected chi connectivity index (χ2v) is 6.54. The van der Waals surface area contributed by atoms with Crippen LogP contribution in [-0.4, -0.2) is 16.7 Å². The number of halogens is 1. The maximum atomic E-state index is 6.16. The van der Waals surface area contributed by atoms with E-state index in [1.54, 1.807) is 7.11 Å². The molecule has 1 aliphatic rings. The first-order valence-corrected chi connectivity index (χ1v) is 8.46. The number of hydrogen-bond donors (Lipinski definition) is 0. The lowest BCUT2D eigenvalue weighted by molar-refractivity contribution is 0.415. The minimum atomic E-state index is 0.526. The van der Waals surface area contributed by atoms with Crippen molar-refractivity contribution >= 4 is 22.6 Å². The molecule has 0 unspecified atom stereocenters. The summed E-state index contributed by atoms with van der Waals surface area (Å²) in [7, 11) is 1.69. The second kappa shape index (κ2) is 5.89. The number of rotatable bonds is 3. The van der Waals surface area contributed by atoms with Gasteiger partial charge in [-0.05, 0) is 55.3 Å². The van der Waals surface area contributed by atoms with Gasteiger partial charge in [-0.3, -0.25) is 0 Å². The molecule has 0 saturated heterocycles. The molecule has 1 aliphatic carbocycles. The molecule has 1 fully saturated rings. The molecule has 118 valence electrons. The Morgan fingerprint density at radius 3 is 2.52 bits per heavy atom. The maximum Gasteiger partial charge on any atom is 0.141 e. The van der Waals surface area contributed by atoms with E-state index in [-0.39, 0.29) is 0 Å². The van der Waals surface area contributed by atoms with Gasteiger partial charge in [0.05, 0.1) is 18.1 Å². The van der Waals surface area contributed by atoms with Gasteiger partial charge < -0.3 is 9.30 Å². The summed E-state index contributed by atoms with van der Waals surface area (Å²) in [6.45, 7) is 0. The van der Waals surface area contributed by atoms with Crippen molar-refractivity contribution in [3.05, 3.63) is 47.5 Å². The summed E-state index contributed by atoms with van der Waals surface area (Å²) < 4.78 is 7.67. The van der Waals surface area contributed by atoms with Crippen LogP contribution in [0.15, 0.2) is 42.5 Å². The van der Waals surface area contributed by atoms with Gasteiger partial charge in [0.25, 0.3) is 0 Å². The minimum Gasteiger partial charge on any atom is -0.497 e. The fourth-order valence-electron chi connectivity index (χ4n) is 3.55. The first-order valence-electron chi connectivity index (χ1n) is 8.08. The zero-order chi connectivity index (χ0) is 15.8. The Morgan fingerprint density at radius 1 is 1.09 bits per heavy atom.